The smallest absolute Gasteiger partial charge is 0.117 e. The molecule has 96 valence electrons. The Hall–Kier alpha value is -2.13. The van der Waals surface area contributed by atoms with Crippen molar-refractivity contribution in [2.75, 3.05) is 7.05 Å². The standard InChI is InChI=1S/C16H16N2O/c1-17-11-14-7-6-13(19-14)10-12-8-9-18-16-5-3-2-4-15(12)16/h2-9,17H,10-11H2,1H3. The fourth-order valence-corrected chi connectivity index (χ4v) is 2.28. The fraction of sp³-hybridized carbons (Fsp3) is 0.188. The second kappa shape index (κ2) is 5.24. The van der Waals surface area contributed by atoms with Crippen LogP contribution in [0, 0.1) is 0 Å². The van der Waals surface area contributed by atoms with Crippen molar-refractivity contribution in [3.63, 3.8) is 0 Å². The largest absolute Gasteiger partial charge is 0.464 e. The molecule has 0 fully saturated rings. The lowest BCUT2D eigenvalue weighted by molar-refractivity contribution is 0.462. The highest BCUT2D eigenvalue weighted by molar-refractivity contribution is 5.82. The maximum atomic E-state index is 5.79. The van der Waals surface area contributed by atoms with E-state index in [4.69, 9.17) is 4.42 Å². The number of benzene rings is 1. The Labute approximate surface area is 112 Å². The number of pyridine rings is 1. The molecule has 0 spiro atoms. The Morgan fingerprint density at radius 1 is 1.05 bits per heavy atom. The Morgan fingerprint density at radius 3 is 2.79 bits per heavy atom. The molecule has 0 saturated carbocycles. The molecule has 0 bridgehead atoms. The van der Waals surface area contributed by atoms with Gasteiger partial charge in [-0.2, -0.15) is 0 Å². The first kappa shape index (κ1) is 11.9. The molecule has 19 heavy (non-hydrogen) atoms. The molecule has 0 aliphatic heterocycles. The maximum Gasteiger partial charge on any atom is 0.117 e. The number of aromatic nitrogens is 1. The van der Waals surface area contributed by atoms with Crippen LogP contribution in [0.4, 0.5) is 0 Å². The van der Waals surface area contributed by atoms with Gasteiger partial charge in [0.1, 0.15) is 11.5 Å². The van der Waals surface area contributed by atoms with E-state index in [0.717, 1.165) is 30.0 Å². The maximum absolute atomic E-state index is 5.79. The number of nitrogens with zero attached hydrogens (tertiary/aromatic N) is 1. The van der Waals surface area contributed by atoms with Gasteiger partial charge >= 0.3 is 0 Å². The number of nitrogens with one attached hydrogen (secondary N) is 1. The van der Waals surface area contributed by atoms with Gasteiger partial charge in [-0.05, 0) is 36.9 Å². The van der Waals surface area contributed by atoms with Gasteiger partial charge in [-0.15, -0.1) is 0 Å². The van der Waals surface area contributed by atoms with Crippen LogP contribution in [0.3, 0.4) is 0 Å². The molecule has 0 saturated heterocycles. The zero-order valence-electron chi connectivity index (χ0n) is 10.9. The average Bonchev–Trinajstić information content (AvgIpc) is 2.87. The highest BCUT2D eigenvalue weighted by Gasteiger charge is 2.06. The zero-order valence-corrected chi connectivity index (χ0v) is 10.9. The summed E-state index contributed by atoms with van der Waals surface area (Å²) in [5, 5.41) is 4.28. The molecule has 3 rings (SSSR count). The van der Waals surface area contributed by atoms with Crippen LogP contribution in [-0.4, -0.2) is 12.0 Å². The number of rotatable bonds is 4. The zero-order chi connectivity index (χ0) is 13.1. The van der Waals surface area contributed by atoms with E-state index in [1.165, 1.54) is 10.9 Å². The predicted octanol–water partition coefficient (Wildman–Crippen LogP) is 3.14. The Kier molecular flexibility index (Phi) is 3.29. The van der Waals surface area contributed by atoms with E-state index in [-0.39, 0.29) is 0 Å². The van der Waals surface area contributed by atoms with Gasteiger partial charge < -0.3 is 9.73 Å². The number of hydrogen-bond acceptors (Lipinski definition) is 3. The first-order valence-corrected chi connectivity index (χ1v) is 6.41. The normalized spacial score (nSPS) is 11.0. The van der Waals surface area contributed by atoms with Crippen LogP contribution in [0.5, 0.6) is 0 Å². The molecule has 3 nitrogen and oxygen atoms in total. The van der Waals surface area contributed by atoms with Gasteiger partial charge in [0.05, 0.1) is 12.1 Å². The van der Waals surface area contributed by atoms with Gasteiger partial charge in [-0.25, -0.2) is 0 Å². The van der Waals surface area contributed by atoms with E-state index >= 15 is 0 Å². The van der Waals surface area contributed by atoms with E-state index in [2.05, 4.69) is 22.4 Å². The third-order valence-electron chi connectivity index (χ3n) is 3.17. The minimum atomic E-state index is 0.761. The second-order valence-electron chi connectivity index (χ2n) is 4.56. The van der Waals surface area contributed by atoms with Crippen LogP contribution < -0.4 is 5.32 Å². The summed E-state index contributed by atoms with van der Waals surface area (Å²) < 4.78 is 5.79. The summed E-state index contributed by atoms with van der Waals surface area (Å²) in [7, 11) is 1.92. The first-order chi connectivity index (χ1) is 9.36. The van der Waals surface area contributed by atoms with E-state index in [1.807, 2.05) is 43.6 Å². The molecular weight excluding hydrogens is 236 g/mol. The van der Waals surface area contributed by atoms with Crippen molar-refractivity contribution in [2.45, 2.75) is 13.0 Å². The molecule has 3 heteroatoms. The number of para-hydroxylation sites is 1. The summed E-state index contributed by atoms with van der Waals surface area (Å²) in [5.74, 6) is 1.96. The predicted molar refractivity (Wildman–Crippen MR) is 76.0 cm³/mol. The summed E-state index contributed by atoms with van der Waals surface area (Å²) in [6.45, 7) is 0.761. The number of furan rings is 1. The summed E-state index contributed by atoms with van der Waals surface area (Å²) >= 11 is 0. The molecule has 2 heterocycles. The monoisotopic (exact) mass is 252 g/mol. The van der Waals surface area contributed by atoms with Crippen LogP contribution in [-0.2, 0) is 13.0 Å². The van der Waals surface area contributed by atoms with Gasteiger partial charge in [-0.3, -0.25) is 4.98 Å². The van der Waals surface area contributed by atoms with Crippen molar-refractivity contribution >= 4 is 10.9 Å². The molecule has 0 atom stereocenters. The van der Waals surface area contributed by atoms with Crippen molar-refractivity contribution in [1.29, 1.82) is 0 Å². The topological polar surface area (TPSA) is 38.1 Å². The molecule has 1 N–H and O–H groups in total. The van der Waals surface area contributed by atoms with Crippen molar-refractivity contribution in [3.8, 4) is 0 Å². The minimum absolute atomic E-state index is 0.761. The number of fused-ring (bicyclic) bond motifs is 1. The summed E-state index contributed by atoms with van der Waals surface area (Å²) in [4.78, 5) is 4.38. The molecule has 0 aliphatic rings. The molecular formula is C16H16N2O. The van der Waals surface area contributed by atoms with Crippen molar-refractivity contribution in [2.24, 2.45) is 0 Å². The molecule has 3 aromatic rings. The molecule has 0 amide bonds. The van der Waals surface area contributed by atoms with Crippen molar-refractivity contribution in [3.05, 3.63) is 65.7 Å². The van der Waals surface area contributed by atoms with Gasteiger partial charge in [0.25, 0.3) is 0 Å². The fourth-order valence-electron chi connectivity index (χ4n) is 2.28. The van der Waals surface area contributed by atoms with E-state index in [0.29, 0.717) is 0 Å². The van der Waals surface area contributed by atoms with Crippen molar-refractivity contribution in [1.82, 2.24) is 10.3 Å². The van der Waals surface area contributed by atoms with Gasteiger partial charge in [0.15, 0.2) is 0 Å². The lowest BCUT2D eigenvalue weighted by atomic mass is 10.1. The van der Waals surface area contributed by atoms with Crippen LogP contribution in [0.15, 0.2) is 53.1 Å². The lowest BCUT2D eigenvalue weighted by Gasteiger charge is -2.04. The summed E-state index contributed by atoms with van der Waals surface area (Å²) in [6, 6.07) is 14.3. The van der Waals surface area contributed by atoms with Crippen LogP contribution in [0.25, 0.3) is 10.9 Å². The van der Waals surface area contributed by atoms with Crippen LogP contribution in [0.2, 0.25) is 0 Å². The van der Waals surface area contributed by atoms with Gasteiger partial charge in [0, 0.05) is 18.0 Å². The van der Waals surface area contributed by atoms with Gasteiger partial charge in [-0.1, -0.05) is 18.2 Å². The Bertz CT molecular complexity index is 683. The molecule has 2 aromatic heterocycles. The Balaban J connectivity index is 1.92. The third-order valence-corrected chi connectivity index (χ3v) is 3.17. The van der Waals surface area contributed by atoms with Crippen LogP contribution >= 0.6 is 0 Å². The van der Waals surface area contributed by atoms with E-state index in [1.54, 1.807) is 0 Å². The average molecular weight is 252 g/mol. The third kappa shape index (κ3) is 2.51. The highest BCUT2D eigenvalue weighted by Crippen LogP contribution is 2.20. The van der Waals surface area contributed by atoms with E-state index in [9.17, 15) is 0 Å². The van der Waals surface area contributed by atoms with Gasteiger partial charge in [0.2, 0.25) is 0 Å². The summed E-state index contributed by atoms with van der Waals surface area (Å²) in [5.41, 5.74) is 2.28. The minimum Gasteiger partial charge on any atom is -0.464 e. The first-order valence-electron chi connectivity index (χ1n) is 6.41. The molecule has 0 aliphatic carbocycles. The Morgan fingerprint density at radius 2 is 1.89 bits per heavy atom. The molecule has 0 radical (unpaired) electrons. The molecule has 1 aromatic carbocycles. The highest BCUT2D eigenvalue weighted by atomic mass is 16.3. The SMILES string of the molecule is CNCc1ccc(Cc2ccnc3ccccc23)o1. The molecule has 0 unspecified atom stereocenters. The summed E-state index contributed by atoms with van der Waals surface area (Å²) in [6.07, 6.45) is 2.65. The lowest BCUT2D eigenvalue weighted by Crippen LogP contribution is -2.03. The van der Waals surface area contributed by atoms with Crippen molar-refractivity contribution < 1.29 is 4.42 Å². The quantitative estimate of drug-likeness (QED) is 0.775. The van der Waals surface area contributed by atoms with Crippen LogP contribution in [0.1, 0.15) is 17.1 Å². The second-order valence-corrected chi connectivity index (χ2v) is 4.56. The van der Waals surface area contributed by atoms with E-state index < -0.39 is 0 Å². The number of hydrogen-bond donors (Lipinski definition) is 1.